The third kappa shape index (κ3) is 2.51. The molecule has 2 aromatic rings. The standard InChI is InChI=1S/C13H14N2O3/c1-2-18-12(16)8-15-11-5-3-4-10-9(11)6-7-14-13(10)17/h3-7,15H,2,8H2,1H3,(H,14,17). The van der Waals surface area contributed by atoms with Gasteiger partial charge < -0.3 is 15.0 Å². The zero-order valence-corrected chi connectivity index (χ0v) is 10.0. The number of aromatic amines is 1. The van der Waals surface area contributed by atoms with Gasteiger partial charge in [0.25, 0.3) is 5.56 Å². The molecule has 1 aromatic heterocycles. The van der Waals surface area contributed by atoms with Crippen LogP contribution in [0.5, 0.6) is 0 Å². The van der Waals surface area contributed by atoms with E-state index in [9.17, 15) is 9.59 Å². The summed E-state index contributed by atoms with van der Waals surface area (Å²) in [7, 11) is 0. The number of H-pyrrole nitrogens is 1. The molecule has 94 valence electrons. The summed E-state index contributed by atoms with van der Waals surface area (Å²) in [6, 6.07) is 7.12. The van der Waals surface area contributed by atoms with Crippen molar-refractivity contribution in [2.45, 2.75) is 6.92 Å². The molecule has 0 spiro atoms. The highest BCUT2D eigenvalue weighted by Gasteiger charge is 2.05. The molecule has 2 N–H and O–H groups in total. The minimum absolute atomic E-state index is 0.0831. The number of fused-ring (bicyclic) bond motifs is 1. The van der Waals surface area contributed by atoms with Crippen LogP contribution in [-0.4, -0.2) is 24.1 Å². The molecule has 0 aliphatic heterocycles. The molecule has 0 bridgehead atoms. The summed E-state index contributed by atoms with van der Waals surface area (Å²) in [4.78, 5) is 25.5. The average molecular weight is 246 g/mol. The van der Waals surface area contributed by atoms with Crippen molar-refractivity contribution in [2.24, 2.45) is 0 Å². The number of hydrogen-bond donors (Lipinski definition) is 2. The van der Waals surface area contributed by atoms with E-state index in [0.717, 1.165) is 11.1 Å². The zero-order chi connectivity index (χ0) is 13.0. The van der Waals surface area contributed by atoms with E-state index >= 15 is 0 Å². The number of pyridine rings is 1. The van der Waals surface area contributed by atoms with Crippen LogP contribution in [0.1, 0.15) is 6.92 Å². The van der Waals surface area contributed by atoms with Gasteiger partial charge in [-0.25, -0.2) is 0 Å². The van der Waals surface area contributed by atoms with Crippen molar-refractivity contribution in [3.63, 3.8) is 0 Å². The molecule has 0 fully saturated rings. The summed E-state index contributed by atoms with van der Waals surface area (Å²) in [5, 5.41) is 4.34. The average Bonchev–Trinajstić information content (AvgIpc) is 2.37. The molecule has 0 aliphatic carbocycles. The van der Waals surface area contributed by atoms with Gasteiger partial charge in [-0.2, -0.15) is 0 Å². The molecule has 0 saturated heterocycles. The van der Waals surface area contributed by atoms with E-state index in [1.54, 1.807) is 31.3 Å². The Morgan fingerprint density at radius 3 is 2.94 bits per heavy atom. The van der Waals surface area contributed by atoms with Gasteiger partial charge in [-0.1, -0.05) is 6.07 Å². The van der Waals surface area contributed by atoms with Crippen LogP contribution in [0.25, 0.3) is 10.8 Å². The topological polar surface area (TPSA) is 71.2 Å². The monoisotopic (exact) mass is 246 g/mol. The van der Waals surface area contributed by atoms with Gasteiger partial charge in [-0.05, 0) is 25.1 Å². The fraction of sp³-hybridized carbons (Fsp3) is 0.231. The fourth-order valence-electron chi connectivity index (χ4n) is 1.75. The predicted molar refractivity (Wildman–Crippen MR) is 69.7 cm³/mol. The molecule has 0 unspecified atom stereocenters. The maximum absolute atomic E-state index is 11.6. The number of benzene rings is 1. The Labute approximate surface area is 104 Å². The van der Waals surface area contributed by atoms with Crippen LogP contribution in [-0.2, 0) is 9.53 Å². The Morgan fingerprint density at radius 1 is 1.33 bits per heavy atom. The number of ether oxygens (including phenoxy) is 1. The van der Waals surface area contributed by atoms with Gasteiger partial charge in [0.2, 0.25) is 0 Å². The SMILES string of the molecule is CCOC(=O)CNc1cccc2c(=O)[nH]ccc12. The number of hydrogen-bond acceptors (Lipinski definition) is 4. The summed E-state index contributed by atoms with van der Waals surface area (Å²) >= 11 is 0. The van der Waals surface area contributed by atoms with Crippen molar-refractivity contribution in [3.05, 3.63) is 40.8 Å². The number of anilines is 1. The van der Waals surface area contributed by atoms with Crippen LogP contribution in [0.15, 0.2) is 35.3 Å². The molecule has 5 nitrogen and oxygen atoms in total. The quantitative estimate of drug-likeness (QED) is 0.802. The summed E-state index contributed by atoms with van der Waals surface area (Å²) in [6.07, 6.45) is 1.58. The molecule has 2 rings (SSSR count). The molecule has 0 atom stereocenters. The molecule has 1 heterocycles. The number of carbonyl (C=O) groups is 1. The second-order valence-electron chi connectivity index (χ2n) is 3.73. The van der Waals surface area contributed by atoms with Crippen molar-refractivity contribution < 1.29 is 9.53 Å². The van der Waals surface area contributed by atoms with Gasteiger partial charge >= 0.3 is 5.97 Å². The lowest BCUT2D eigenvalue weighted by atomic mass is 10.1. The first-order chi connectivity index (χ1) is 8.72. The molecule has 18 heavy (non-hydrogen) atoms. The highest BCUT2D eigenvalue weighted by atomic mass is 16.5. The van der Waals surface area contributed by atoms with E-state index in [1.807, 2.05) is 6.07 Å². The van der Waals surface area contributed by atoms with Gasteiger partial charge in [0.1, 0.15) is 6.54 Å². The van der Waals surface area contributed by atoms with Crippen molar-refractivity contribution in [2.75, 3.05) is 18.5 Å². The minimum Gasteiger partial charge on any atom is -0.465 e. The number of carbonyl (C=O) groups excluding carboxylic acids is 1. The van der Waals surface area contributed by atoms with E-state index in [1.165, 1.54) is 0 Å². The van der Waals surface area contributed by atoms with E-state index < -0.39 is 0 Å². The minimum atomic E-state index is -0.320. The second kappa shape index (κ2) is 5.35. The van der Waals surface area contributed by atoms with Crippen molar-refractivity contribution in [1.29, 1.82) is 0 Å². The number of rotatable bonds is 4. The Balaban J connectivity index is 2.26. The first kappa shape index (κ1) is 12.2. The van der Waals surface area contributed by atoms with Crippen LogP contribution in [0, 0.1) is 0 Å². The fourth-order valence-corrected chi connectivity index (χ4v) is 1.75. The maximum Gasteiger partial charge on any atom is 0.325 e. The summed E-state index contributed by atoms with van der Waals surface area (Å²) < 4.78 is 4.83. The molecule has 0 aliphatic rings. The molecule has 5 heteroatoms. The van der Waals surface area contributed by atoms with Crippen LogP contribution in [0.4, 0.5) is 5.69 Å². The molecule has 1 aromatic carbocycles. The smallest absolute Gasteiger partial charge is 0.325 e. The van der Waals surface area contributed by atoms with Gasteiger partial charge in [0, 0.05) is 22.7 Å². The van der Waals surface area contributed by atoms with Crippen molar-refractivity contribution >= 4 is 22.4 Å². The summed E-state index contributed by atoms with van der Waals surface area (Å²) in [5.74, 6) is -0.320. The number of esters is 1. The summed E-state index contributed by atoms with van der Waals surface area (Å²) in [6.45, 7) is 2.20. The molecular weight excluding hydrogens is 232 g/mol. The van der Waals surface area contributed by atoms with Crippen LogP contribution < -0.4 is 10.9 Å². The lowest BCUT2D eigenvalue weighted by molar-refractivity contribution is -0.140. The molecular formula is C13H14N2O3. The zero-order valence-electron chi connectivity index (χ0n) is 10.0. The van der Waals surface area contributed by atoms with Crippen LogP contribution in [0.3, 0.4) is 0 Å². The second-order valence-corrected chi connectivity index (χ2v) is 3.73. The van der Waals surface area contributed by atoms with Gasteiger partial charge in [-0.3, -0.25) is 9.59 Å². The van der Waals surface area contributed by atoms with Crippen molar-refractivity contribution in [3.8, 4) is 0 Å². The highest BCUT2D eigenvalue weighted by molar-refractivity contribution is 5.94. The Hall–Kier alpha value is -2.30. The third-order valence-electron chi connectivity index (χ3n) is 2.54. The first-order valence-corrected chi connectivity index (χ1v) is 5.72. The van der Waals surface area contributed by atoms with E-state index in [0.29, 0.717) is 12.0 Å². The number of nitrogens with one attached hydrogen (secondary N) is 2. The molecule has 0 radical (unpaired) electrons. The van der Waals surface area contributed by atoms with E-state index in [4.69, 9.17) is 4.74 Å². The predicted octanol–water partition coefficient (Wildman–Crippen LogP) is 1.50. The van der Waals surface area contributed by atoms with E-state index in [-0.39, 0.29) is 18.1 Å². The lowest BCUT2D eigenvalue weighted by Gasteiger charge is -2.08. The normalized spacial score (nSPS) is 10.3. The Morgan fingerprint density at radius 2 is 2.17 bits per heavy atom. The maximum atomic E-state index is 11.6. The van der Waals surface area contributed by atoms with Gasteiger partial charge in [0.05, 0.1) is 6.61 Å². The highest BCUT2D eigenvalue weighted by Crippen LogP contribution is 2.19. The van der Waals surface area contributed by atoms with E-state index in [2.05, 4.69) is 10.3 Å². The molecule has 0 amide bonds. The third-order valence-corrected chi connectivity index (χ3v) is 2.54. The number of aromatic nitrogens is 1. The Kier molecular flexibility index (Phi) is 3.62. The first-order valence-electron chi connectivity index (χ1n) is 5.72. The Bertz CT molecular complexity index is 619. The van der Waals surface area contributed by atoms with Crippen molar-refractivity contribution in [1.82, 2.24) is 4.98 Å². The summed E-state index contributed by atoms with van der Waals surface area (Å²) in [5.41, 5.74) is 0.596. The largest absolute Gasteiger partial charge is 0.465 e. The van der Waals surface area contributed by atoms with Gasteiger partial charge in [0.15, 0.2) is 0 Å². The van der Waals surface area contributed by atoms with Gasteiger partial charge in [-0.15, -0.1) is 0 Å². The molecule has 0 saturated carbocycles. The van der Waals surface area contributed by atoms with Crippen LogP contribution in [0.2, 0.25) is 0 Å². The van der Waals surface area contributed by atoms with Crippen LogP contribution >= 0.6 is 0 Å². The lowest BCUT2D eigenvalue weighted by Crippen LogP contribution is -2.17.